The summed E-state index contributed by atoms with van der Waals surface area (Å²) >= 11 is 3.40. The maximum Gasteiger partial charge on any atom is 0.213 e. The van der Waals surface area contributed by atoms with Crippen LogP contribution >= 0.6 is 15.9 Å². The Morgan fingerprint density at radius 3 is 2.17 bits per heavy atom. The van der Waals surface area contributed by atoms with Crippen LogP contribution in [0.1, 0.15) is 16.1 Å². The molecule has 0 N–H and O–H groups in total. The maximum atomic E-state index is 13.3. The van der Waals surface area contributed by atoms with Crippen LogP contribution < -0.4 is 0 Å². The van der Waals surface area contributed by atoms with E-state index in [0.29, 0.717) is 22.6 Å². The number of halogens is 1. The zero-order chi connectivity index (χ0) is 20.5. The molecule has 0 spiro atoms. The Labute approximate surface area is 180 Å². The molecule has 0 atom stereocenters. The van der Waals surface area contributed by atoms with Crippen molar-refractivity contribution in [3.63, 3.8) is 0 Å². The molecule has 0 unspecified atom stereocenters. The number of hydrogen-bond acceptors (Lipinski definition) is 5. The van der Waals surface area contributed by atoms with Gasteiger partial charge in [0, 0.05) is 15.6 Å². The van der Waals surface area contributed by atoms with Crippen LogP contribution in [0.5, 0.6) is 0 Å². The summed E-state index contributed by atoms with van der Waals surface area (Å²) in [5.74, 6) is 0.218. The van der Waals surface area contributed by atoms with Gasteiger partial charge in [-0.2, -0.15) is 4.68 Å². The van der Waals surface area contributed by atoms with Crippen molar-refractivity contribution in [2.75, 3.05) is 0 Å². The molecule has 0 aliphatic rings. The molecule has 0 amide bonds. The second-order valence-electron chi connectivity index (χ2n) is 6.61. The fourth-order valence-corrected chi connectivity index (χ4v) is 3.43. The van der Waals surface area contributed by atoms with Crippen molar-refractivity contribution in [2.45, 2.75) is 0 Å². The van der Waals surface area contributed by atoms with Gasteiger partial charge in [0.1, 0.15) is 5.69 Å². The lowest BCUT2D eigenvalue weighted by molar-refractivity contribution is 0.103. The minimum absolute atomic E-state index is 0.225. The van der Waals surface area contributed by atoms with Crippen LogP contribution in [0.4, 0.5) is 0 Å². The summed E-state index contributed by atoms with van der Waals surface area (Å²) in [6.07, 6.45) is 0. The Morgan fingerprint density at radius 1 is 0.800 bits per heavy atom. The molecule has 0 aliphatic carbocycles. The van der Waals surface area contributed by atoms with Gasteiger partial charge in [-0.25, -0.2) is 9.97 Å². The van der Waals surface area contributed by atoms with Crippen LogP contribution in [0.25, 0.3) is 28.2 Å². The Morgan fingerprint density at radius 2 is 1.47 bits per heavy atom. The molecule has 30 heavy (non-hydrogen) atoms. The zero-order valence-electron chi connectivity index (χ0n) is 15.6. The van der Waals surface area contributed by atoms with Crippen molar-refractivity contribution < 1.29 is 4.79 Å². The van der Waals surface area contributed by atoms with Crippen molar-refractivity contribution in [3.05, 3.63) is 101 Å². The van der Waals surface area contributed by atoms with Gasteiger partial charge in [-0.3, -0.25) is 4.79 Å². The highest BCUT2D eigenvalue weighted by Gasteiger charge is 2.22. The normalized spacial score (nSPS) is 11.0. The molecule has 0 fully saturated rings. The minimum atomic E-state index is -0.229. The molecular formula is C23H14BrN5O. The SMILES string of the molecule is O=C(c1ccc(Br)cc1)c1nc(-c2ccccc2)nc2c1nnn2-c1ccccc1. The predicted octanol–water partition coefficient (Wildman–Crippen LogP) is 4.87. The fraction of sp³-hybridized carbons (Fsp3) is 0. The van der Waals surface area contributed by atoms with E-state index in [2.05, 4.69) is 31.2 Å². The summed E-state index contributed by atoms with van der Waals surface area (Å²) in [4.78, 5) is 22.6. The Hall–Kier alpha value is -3.71. The second-order valence-corrected chi connectivity index (χ2v) is 7.52. The minimum Gasteiger partial charge on any atom is -0.287 e. The highest BCUT2D eigenvalue weighted by Crippen LogP contribution is 2.24. The summed E-state index contributed by atoms with van der Waals surface area (Å²) in [5, 5.41) is 8.51. The average Bonchev–Trinajstić information content (AvgIpc) is 3.24. The molecule has 2 heterocycles. The van der Waals surface area contributed by atoms with Crippen LogP contribution in [0.15, 0.2) is 89.4 Å². The highest BCUT2D eigenvalue weighted by atomic mass is 79.9. The van der Waals surface area contributed by atoms with Crippen LogP contribution in [0, 0.1) is 0 Å². The van der Waals surface area contributed by atoms with Crippen LogP contribution in [-0.4, -0.2) is 30.7 Å². The van der Waals surface area contributed by atoms with Crippen LogP contribution in [-0.2, 0) is 0 Å². The second kappa shape index (κ2) is 7.61. The summed E-state index contributed by atoms with van der Waals surface area (Å²) < 4.78 is 2.52. The molecule has 0 bridgehead atoms. The van der Waals surface area contributed by atoms with Gasteiger partial charge in [0.15, 0.2) is 17.0 Å². The first-order valence-corrected chi connectivity index (χ1v) is 10.0. The third kappa shape index (κ3) is 3.29. The number of rotatable bonds is 4. The van der Waals surface area contributed by atoms with Gasteiger partial charge in [-0.15, -0.1) is 5.10 Å². The van der Waals surface area contributed by atoms with E-state index in [1.54, 1.807) is 16.8 Å². The van der Waals surface area contributed by atoms with Gasteiger partial charge < -0.3 is 0 Å². The largest absolute Gasteiger partial charge is 0.287 e. The summed E-state index contributed by atoms with van der Waals surface area (Å²) in [6, 6.07) is 26.3. The van der Waals surface area contributed by atoms with Crippen molar-refractivity contribution in [3.8, 4) is 17.1 Å². The number of aromatic nitrogens is 5. The highest BCUT2D eigenvalue weighted by molar-refractivity contribution is 9.10. The quantitative estimate of drug-likeness (QED) is 0.361. The first-order valence-electron chi connectivity index (χ1n) is 9.25. The van der Waals surface area contributed by atoms with Gasteiger partial charge in [0.2, 0.25) is 5.78 Å². The van der Waals surface area contributed by atoms with Gasteiger partial charge in [-0.05, 0) is 36.4 Å². The number of benzene rings is 3. The van der Waals surface area contributed by atoms with Crippen molar-refractivity contribution in [2.24, 2.45) is 0 Å². The monoisotopic (exact) mass is 455 g/mol. The van der Waals surface area contributed by atoms with Gasteiger partial charge in [0.25, 0.3) is 0 Å². The molecule has 5 aromatic rings. The van der Waals surface area contributed by atoms with E-state index in [1.165, 1.54) is 0 Å². The van der Waals surface area contributed by atoms with E-state index in [-0.39, 0.29) is 11.5 Å². The number of para-hydroxylation sites is 1. The van der Waals surface area contributed by atoms with E-state index < -0.39 is 0 Å². The third-order valence-electron chi connectivity index (χ3n) is 4.65. The molecule has 0 radical (unpaired) electrons. The number of nitrogens with zero attached hydrogens (tertiary/aromatic N) is 5. The van der Waals surface area contributed by atoms with E-state index in [0.717, 1.165) is 15.7 Å². The summed E-state index contributed by atoms with van der Waals surface area (Å²) in [6.45, 7) is 0. The molecule has 2 aromatic heterocycles. The molecule has 0 aliphatic heterocycles. The summed E-state index contributed by atoms with van der Waals surface area (Å²) in [5.41, 5.74) is 3.21. The summed E-state index contributed by atoms with van der Waals surface area (Å²) in [7, 11) is 0. The van der Waals surface area contributed by atoms with E-state index in [1.807, 2.05) is 72.8 Å². The first kappa shape index (κ1) is 18.3. The topological polar surface area (TPSA) is 73.6 Å². The number of carbonyl (C=O) groups is 1. The molecule has 3 aromatic carbocycles. The standard InChI is InChI=1S/C23H14BrN5O/c24-17-13-11-15(12-14-17)21(30)19-20-23(26-22(25-19)16-7-3-1-4-8-16)29(28-27-20)18-9-5-2-6-10-18/h1-14H. The average molecular weight is 456 g/mol. The van der Waals surface area contributed by atoms with E-state index in [9.17, 15) is 4.79 Å². The van der Waals surface area contributed by atoms with Crippen molar-refractivity contribution >= 4 is 32.9 Å². The van der Waals surface area contributed by atoms with Crippen molar-refractivity contribution in [1.29, 1.82) is 0 Å². The lowest BCUT2D eigenvalue weighted by atomic mass is 10.1. The fourth-order valence-electron chi connectivity index (χ4n) is 3.17. The lowest BCUT2D eigenvalue weighted by Gasteiger charge is -2.07. The van der Waals surface area contributed by atoms with Gasteiger partial charge in [-0.1, -0.05) is 69.7 Å². The maximum absolute atomic E-state index is 13.3. The van der Waals surface area contributed by atoms with E-state index in [4.69, 9.17) is 4.98 Å². The predicted molar refractivity (Wildman–Crippen MR) is 117 cm³/mol. The number of ketones is 1. The third-order valence-corrected chi connectivity index (χ3v) is 5.18. The molecule has 0 saturated heterocycles. The molecule has 144 valence electrons. The number of carbonyl (C=O) groups excluding carboxylic acids is 1. The lowest BCUT2D eigenvalue weighted by Crippen LogP contribution is -2.08. The van der Waals surface area contributed by atoms with Gasteiger partial charge >= 0.3 is 0 Å². The molecule has 6 nitrogen and oxygen atoms in total. The van der Waals surface area contributed by atoms with Crippen LogP contribution in [0.2, 0.25) is 0 Å². The van der Waals surface area contributed by atoms with Crippen LogP contribution in [0.3, 0.4) is 0 Å². The Bertz CT molecular complexity index is 1350. The first-order chi connectivity index (χ1) is 14.7. The number of fused-ring (bicyclic) bond motifs is 1. The van der Waals surface area contributed by atoms with Crippen molar-refractivity contribution in [1.82, 2.24) is 25.0 Å². The smallest absolute Gasteiger partial charge is 0.213 e. The Kier molecular flexibility index (Phi) is 4.65. The molecule has 5 rings (SSSR count). The molecule has 7 heteroatoms. The number of hydrogen-bond donors (Lipinski definition) is 0. The molecular weight excluding hydrogens is 442 g/mol. The zero-order valence-corrected chi connectivity index (χ0v) is 17.2. The van der Waals surface area contributed by atoms with E-state index >= 15 is 0 Å². The van der Waals surface area contributed by atoms with Gasteiger partial charge in [0.05, 0.1) is 5.69 Å². The Balaban J connectivity index is 1.76. The molecule has 0 saturated carbocycles.